The fourth-order valence-corrected chi connectivity index (χ4v) is 4.97. The van der Waals surface area contributed by atoms with Crippen molar-refractivity contribution in [1.82, 2.24) is 15.3 Å². The summed E-state index contributed by atoms with van der Waals surface area (Å²) < 4.78 is 26.9. The molecule has 0 aliphatic carbocycles. The molecule has 2 N–H and O–H groups in total. The maximum absolute atomic E-state index is 12.8. The number of nitrogens with zero attached hydrogens (tertiary/aromatic N) is 2. The van der Waals surface area contributed by atoms with Gasteiger partial charge in [-0.25, -0.2) is 8.42 Å². The van der Waals surface area contributed by atoms with Gasteiger partial charge in [0.15, 0.2) is 0 Å². The quantitative estimate of drug-likeness (QED) is 0.445. The Balaban J connectivity index is 1.48. The Morgan fingerprint density at radius 3 is 2.62 bits per heavy atom. The first kappa shape index (κ1) is 23.3. The third-order valence-corrected chi connectivity index (χ3v) is 6.85. The van der Waals surface area contributed by atoms with Crippen molar-refractivity contribution in [3.8, 4) is 0 Å². The van der Waals surface area contributed by atoms with Crippen molar-refractivity contribution in [2.45, 2.75) is 24.2 Å². The van der Waals surface area contributed by atoms with Crippen molar-refractivity contribution in [3.05, 3.63) is 70.3 Å². The molecule has 1 heterocycles. The molecule has 32 heavy (non-hydrogen) atoms. The molecule has 1 fully saturated rings. The molecular weight excluding hydrogens is 440 g/mol. The number of nitro benzene ring substituents is 1. The van der Waals surface area contributed by atoms with Crippen molar-refractivity contribution in [3.63, 3.8) is 0 Å². The highest BCUT2D eigenvalue weighted by Crippen LogP contribution is 2.25. The van der Waals surface area contributed by atoms with Crippen molar-refractivity contribution >= 4 is 27.6 Å². The summed E-state index contributed by atoms with van der Waals surface area (Å²) in [7, 11) is -3.64. The molecule has 0 aromatic heterocycles. The maximum atomic E-state index is 12.8. The summed E-state index contributed by atoms with van der Waals surface area (Å²) in [6.07, 6.45) is 1.23. The standard InChI is InChI=1S/C20H22N4O7S/c25-19(31-22-21-20(26)16-7-4-8-17(13-16)24(27)28)12-15-6-5-11-23(14-15)32(29,30)18-9-2-1-3-10-18/h1-4,7-10,13,15,22H,5-6,11-12,14H2,(H,21,26). The number of hydrogen-bond acceptors (Lipinski definition) is 8. The van der Waals surface area contributed by atoms with Gasteiger partial charge in [-0.05, 0) is 37.0 Å². The molecule has 3 rings (SSSR count). The highest BCUT2D eigenvalue weighted by molar-refractivity contribution is 7.89. The Bertz CT molecular complexity index is 1090. The lowest BCUT2D eigenvalue weighted by atomic mass is 9.96. The average molecular weight is 462 g/mol. The van der Waals surface area contributed by atoms with Crippen molar-refractivity contribution < 1.29 is 27.8 Å². The number of rotatable bonds is 8. The van der Waals surface area contributed by atoms with E-state index in [-0.39, 0.29) is 35.0 Å². The molecule has 170 valence electrons. The summed E-state index contributed by atoms with van der Waals surface area (Å²) >= 11 is 0. The van der Waals surface area contributed by atoms with Gasteiger partial charge in [0.05, 0.1) is 16.2 Å². The average Bonchev–Trinajstić information content (AvgIpc) is 2.79. The van der Waals surface area contributed by atoms with Gasteiger partial charge >= 0.3 is 5.97 Å². The first-order chi connectivity index (χ1) is 15.3. The van der Waals surface area contributed by atoms with E-state index in [4.69, 9.17) is 4.84 Å². The van der Waals surface area contributed by atoms with Crippen LogP contribution in [0.15, 0.2) is 59.5 Å². The van der Waals surface area contributed by atoms with Crippen molar-refractivity contribution in [1.29, 1.82) is 0 Å². The maximum Gasteiger partial charge on any atom is 0.327 e. The molecule has 0 bridgehead atoms. The summed E-state index contributed by atoms with van der Waals surface area (Å²) in [6.45, 7) is 0.562. The highest BCUT2D eigenvalue weighted by atomic mass is 32.2. The Morgan fingerprint density at radius 1 is 1.16 bits per heavy atom. The highest BCUT2D eigenvalue weighted by Gasteiger charge is 2.31. The van der Waals surface area contributed by atoms with Gasteiger partial charge in [0.1, 0.15) is 0 Å². The minimum absolute atomic E-state index is 0.0109. The second-order valence-corrected chi connectivity index (χ2v) is 9.16. The molecule has 1 atom stereocenters. The zero-order valence-corrected chi connectivity index (χ0v) is 17.8. The molecule has 1 unspecified atom stereocenters. The number of piperidine rings is 1. The summed E-state index contributed by atoms with van der Waals surface area (Å²) in [5.74, 6) is -1.63. The molecule has 1 amide bonds. The summed E-state index contributed by atoms with van der Waals surface area (Å²) in [6, 6.07) is 13.2. The van der Waals surface area contributed by atoms with Crippen LogP contribution in [-0.2, 0) is 19.7 Å². The monoisotopic (exact) mass is 462 g/mol. The smallest absolute Gasteiger partial charge is 0.327 e. The molecule has 12 heteroatoms. The first-order valence-electron chi connectivity index (χ1n) is 9.82. The van der Waals surface area contributed by atoms with Crippen LogP contribution in [0.3, 0.4) is 0 Å². The fraction of sp³-hybridized carbons (Fsp3) is 0.300. The number of nitro groups is 1. The van der Waals surface area contributed by atoms with Crippen LogP contribution in [0, 0.1) is 16.0 Å². The minimum Gasteiger partial charge on any atom is -0.351 e. The molecule has 0 radical (unpaired) electrons. The van der Waals surface area contributed by atoms with Crippen LogP contribution in [0.25, 0.3) is 0 Å². The Hall–Kier alpha value is -3.35. The van der Waals surface area contributed by atoms with Gasteiger partial charge in [-0.2, -0.15) is 4.31 Å². The number of hydrazine groups is 1. The predicted molar refractivity (Wildman–Crippen MR) is 112 cm³/mol. The van der Waals surface area contributed by atoms with Crippen LogP contribution in [-0.4, -0.2) is 42.6 Å². The fourth-order valence-electron chi connectivity index (χ4n) is 3.39. The Kier molecular flexibility index (Phi) is 7.51. The molecule has 0 saturated carbocycles. The van der Waals surface area contributed by atoms with Gasteiger partial charge < -0.3 is 4.84 Å². The lowest BCUT2D eigenvalue weighted by Crippen LogP contribution is -2.42. The van der Waals surface area contributed by atoms with Crippen LogP contribution < -0.4 is 11.0 Å². The van der Waals surface area contributed by atoms with E-state index in [1.54, 1.807) is 18.2 Å². The molecule has 0 spiro atoms. The number of carbonyl (C=O) groups is 2. The van der Waals surface area contributed by atoms with Gasteiger partial charge in [-0.3, -0.25) is 25.1 Å². The number of benzene rings is 2. The number of sulfonamides is 1. The predicted octanol–water partition coefficient (Wildman–Crippen LogP) is 1.78. The summed E-state index contributed by atoms with van der Waals surface area (Å²) in [4.78, 5) is 39.3. The van der Waals surface area contributed by atoms with Gasteiger partial charge in [0, 0.05) is 30.8 Å². The van der Waals surface area contributed by atoms with Crippen molar-refractivity contribution in [2.24, 2.45) is 5.92 Å². The lowest BCUT2D eigenvalue weighted by molar-refractivity contribution is -0.384. The number of nitrogens with one attached hydrogen (secondary N) is 2. The van der Waals surface area contributed by atoms with Crippen LogP contribution in [0.5, 0.6) is 0 Å². The topological polar surface area (TPSA) is 148 Å². The van der Waals surface area contributed by atoms with Crippen LogP contribution in [0.1, 0.15) is 29.6 Å². The Labute approximate surface area is 184 Å². The summed E-state index contributed by atoms with van der Waals surface area (Å²) in [5, 5.41) is 10.8. The normalized spacial score (nSPS) is 16.8. The molecule has 1 aliphatic heterocycles. The molecular formula is C20H22N4O7S. The number of amides is 1. The van der Waals surface area contributed by atoms with E-state index in [2.05, 4.69) is 5.43 Å². The van der Waals surface area contributed by atoms with E-state index in [1.807, 2.05) is 5.59 Å². The number of carbonyl (C=O) groups excluding carboxylic acids is 2. The molecule has 2 aromatic carbocycles. The van der Waals surface area contributed by atoms with E-state index < -0.39 is 26.8 Å². The molecule has 1 saturated heterocycles. The number of hydrogen-bond donors (Lipinski definition) is 2. The van der Waals surface area contributed by atoms with E-state index >= 15 is 0 Å². The van der Waals surface area contributed by atoms with Gasteiger partial charge in [0.25, 0.3) is 11.6 Å². The number of non-ortho nitro benzene ring substituents is 1. The van der Waals surface area contributed by atoms with Crippen LogP contribution >= 0.6 is 0 Å². The van der Waals surface area contributed by atoms with Crippen LogP contribution in [0.4, 0.5) is 5.69 Å². The third kappa shape index (κ3) is 5.87. The minimum atomic E-state index is -3.64. The van der Waals surface area contributed by atoms with E-state index in [0.29, 0.717) is 19.4 Å². The zero-order valence-electron chi connectivity index (χ0n) is 17.0. The largest absolute Gasteiger partial charge is 0.351 e. The SMILES string of the molecule is O=C(CC1CCCN(S(=O)(=O)c2ccccc2)C1)ONNC(=O)c1cccc([N+](=O)[O-])c1. The molecule has 1 aliphatic rings. The van der Waals surface area contributed by atoms with Gasteiger partial charge in [-0.1, -0.05) is 29.9 Å². The van der Waals surface area contributed by atoms with Gasteiger partial charge in [-0.15, -0.1) is 0 Å². The van der Waals surface area contributed by atoms with Gasteiger partial charge in [0.2, 0.25) is 10.0 Å². The van der Waals surface area contributed by atoms with E-state index in [1.165, 1.54) is 34.6 Å². The third-order valence-electron chi connectivity index (χ3n) is 4.97. The van der Waals surface area contributed by atoms with Crippen LogP contribution in [0.2, 0.25) is 0 Å². The van der Waals surface area contributed by atoms with E-state index in [9.17, 15) is 28.1 Å². The van der Waals surface area contributed by atoms with E-state index in [0.717, 1.165) is 6.07 Å². The molecule has 11 nitrogen and oxygen atoms in total. The zero-order chi connectivity index (χ0) is 23.1. The van der Waals surface area contributed by atoms with Crippen molar-refractivity contribution in [2.75, 3.05) is 13.1 Å². The second-order valence-electron chi connectivity index (χ2n) is 7.23. The Morgan fingerprint density at radius 2 is 1.91 bits per heavy atom. The molecule has 2 aromatic rings. The lowest BCUT2D eigenvalue weighted by Gasteiger charge is -2.31. The summed E-state index contributed by atoms with van der Waals surface area (Å²) in [5.41, 5.74) is 3.93. The second kappa shape index (κ2) is 10.3. The first-order valence-corrected chi connectivity index (χ1v) is 11.3.